The lowest BCUT2D eigenvalue weighted by molar-refractivity contribution is -0.161. The van der Waals surface area contributed by atoms with Crippen molar-refractivity contribution in [1.82, 2.24) is 19.5 Å². The molecule has 2 heterocycles. The fourth-order valence-corrected chi connectivity index (χ4v) is 2.54. The third-order valence-corrected chi connectivity index (χ3v) is 3.72. The molecule has 0 bridgehead atoms. The summed E-state index contributed by atoms with van der Waals surface area (Å²) in [6.45, 7) is 0.748. The lowest BCUT2D eigenvalue weighted by Crippen LogP contribution is -2.25. The highest BCUT2D eigenvalue weighted by molar-refractivity contribution is 6.33. The van der Waals surface area contributed by atoms with Crippen molar-refractivity contribution in [3.8, 4) is 0 Å². The Morgan fingerprint density at radius 2 is 2.00 bits per heavy atom. The third kappa shape index (κ3) is 4.43. The molecule has 1 atom stereocenters. The van der Waals surface area contributed by atoms with E-state index in [9.17, 15) is 0 Å². The zero-order valence-corrected chi connectivity index (χ0v) is 14.1. The molecule has 3 aromatic rings. The molecule has 1 unspecified atom stereocenters. The fourth-order valence-electron chi connectivity index (χ4n) is 2.32. The number of hydrogen-bond acceptors (Lipinski definition) is 7. The molecule has 3 N–H and O–H groups in total. The van der Waals surface area contributed by atoms with Gasteiger partial charge in [0, 0.05) is 0 Å². The monoisotopic (exact) mass is 363 g/mol. The zero-order chi connectivity index (χ0) is 17.6. The van der Waals surface area contributed by atoms with Gasteiger partial charge in [-0.15, -0.1) is 0 Å². The Labute approximate surface area is 149 Å². The molecular weight excluding hydrogens is 346 g/mol. The Kier molecular flexibility index (Phi) is 5.77. The maximum Gasteiger partial charge on any atom is 0.223 e. The number of aliphatic hydroxyl groups excluding tert-OH is 1. The van der Waals surface area contributed by atoms with Crippen molar-refractivity contribution >= 4 is 28.7 Å². The molecule has 1 aromatic carbocycles. The first-order valence-electron chi connectivity index (χ1n) is 7.69. The van der Waals surface area contributed by atoms with Crippen LogP contribution in [0.3, 0.4) is 0 Å². The highest BCUT2D eigenvalue weighted by Crippen LogP contribution is 2.20. The molecule has 0 fully saturated rings. The number of halogens is 1. The first kappa shape index (κ1) is 17.6. The molecule has 0 aliphatic carbocycles. The molecule has 25 heavy (non-hydrogen) atoms. The minimum atomic E-state index is -0.597. The molecule has 8 nitrogen and oxygen atoms in total. The van der Waals surface area contributed by atoms with Crippen molar-refractivity contribution in [1.29, 1.82) is 0 Å². The highest BCUT2D eigenvalue weighted by Gasteiger charge is 2.16. The normalized spacial score (nSPS) is 12.6. The number of rotatable bonds is 8. The van der Waals surface area contributed by atoms with E-state index in [1.54, 1.807) is 10.9 Å². The number of anilines is 1. The third-order valence-electron chi connectivity index (χ3n) is 3.46. The second-order valence-corrected chi connectivity index (χ2v) is 5.62. The van der Waals surface area contributed by atoms with Crippen LogP contribution in [-0.4, -0.2) is 44.1 Å². The lowest BCUT2D eigenvalue weighted by atomic mass is 10.2. The van der Waals surface area contributed by atoms with E-state index in [-0.39, 0.29) is 24.3 Å². The molecule has 0 saturated heterocycles. The van der Waals surface area contributed by atoms with Crippen LogP contribution in [0.25, 0.3) is 11.2 Å². The van der Waals surface area contributed by atoms with Crippen molar-refractivity contribution in [2.75, 3.05) is 18.9 Å². The van der Waals surface area contributed by atoms with Crippen LogP contribution in [0.2, 0.25) is 5.15 Å². The Hall–Kier alpha value is -2.26. The number of benzene rings is 1. The van der Waals surface area contributed by atoms with Crippen LogP contribution >= 0.6 is 11.6 Å². The van der Waals surface area contributed by atoms with E-state index in [0.29, 0.717) is 24.3 Å². The van der Waals surface area contributed by atoms with Gasteiger partial charge in [0.15, 0.2) is 17.1 Å². The van der Waals surface area contributed by atoms with Gasteiger partial charge in [-0.25, -0.2) is 4.98 Å². The average Bonchev–Trinajstić information content (AvgIpc) is 3.01. The van der Waals surface area contributed by atoms with E-state index >= 15 is 0 Å². The van der Waals surface area contributed by atoms with Crippen LogP contribution in [0.4, 0.5) is 5.95 Å². The summed E-state index contributed by atoms with van der Waals surface area (Å²) in [6, 6.07) is 9.74. The van der Waals surface area contributed by atoms with Gasteiger partial charge in [-0.05, 0) is 5.56 Å². The molecule has 132 valence electrons. The second-order valence-electron chi connectivity index (χ2n) is 5.26. The van der Waals surface area contributed by atoms with Gasteiger partial charge in [0.1, 0.15) is 5.52 Å². The largest absolute Gasteiger partial charge is 0.394 e. The lowest BCUT2D eigenvalue weighted by Gasteiger charge is -2.19. The van der Waals surface area contributed by atoms with Crippen molar-refractivity contribution in [2.45, 2.75) is 19.4 Å². The molecule has 0 aliphatic heterocycles. The van der Waals surface area contributed by atoms with Crippen molar-refractivity contribution in [2.24, 2.45) is 0 Å². The van der Waals surface area contributed by atoms with Crippen LogP contribution in [0.5, 0.6) is 0 Å². The van der Waals surface area contributed by atoms with Gasteiger partial charge in [-0.1, -0.05) is 41.9 Å². The van der Waals surface area contributed by atoms with Gasteiger partial charge in [0.2, 0.25) is 5.95 Å². The number of fused-ring (bicyclic) bond motifs is 1. The summed E-state index contributed by atoms with van der Waals surface area (Å²) < 4.78 is 13.1. The van der Waals surface area contributed by atoms with Crippen LogP contribution in [0.15, 0.2) is 36.7 Å². The summed E-state index contributed by atoms with van der Waals surface area (Å²) >= 11 is 6.03. The van der Waals surface area contributed by atoms with E-state index in [4.69, 9.17) is 31.9 Å². The second kappa shape index (κ2) is 8.21. The topological polar surface area (TPSA) is 108 Å². The quantitative estimate of drug-likeness (QED) is 0.462. The predicted molar refractivity (Wildman–Crippen MR) is 92.8 cm³/mol. The molecule has 0 aliphatic rings. The first-order chi connectivity index (χ1) is 12.2. The number of nitrogens with two attached hydrogens (primary N) is 1. The number of ether oxygens (including phenoxy) is 2. The zero-order valence-electron chi connectivity index (χ0n) is 13.4. The van der Waals surface area contributed by atoms with Crippen LogP contribution in [0.1, 0.15) is 5.56 Å². The molecule has 9 heteroatoms. The van der Waals surface area contributed by atoms with Gasteiger partial charge in [0.25, 0.3) is 0 Å². The number of nitrogens with zero attached hydrogens (tertiary/aromatic N) is 4. The molecule has 3 rings (SSSR count). The smallest absolute Gasteiger partial charge is 0.223 e. The summed E-state index contributed by atoms with van der Waals surface area (Å²) in [6.07, 6.45) is 0.978. The van der Waals surface area contributed by atoms with E-state index in [2.05, 4.69) is 15.0 Å². The number of aliphatic hydroxyl groups is 1. The maximum absolute atomic E-state index is 9.02. The molecule has 0 spiro atoms. The number of aromatic nitrogens is 4. The Morgan fingerprint density at radius 3 is 2.76 bits per heavy atom. The maximum atomic E-state index is 9.02. The van der Waals surface area contributed by atoms with E-state index in [1.165, 1.54) is 0 Å². The summed E-state index contributed by atoms with van der Waals surface area (Å²) in [4.78, 5) is 12.3. The predicted octanol–water partition coefficient (Wildman–Crippen LogP) is 1.61. The van der Waals surface area contributed by atoms with Crippen LogP contribution < -0.4 is 5.73 Å². The Bertz CT molecular complexity index is 827. The average molecular weight is 364 g/mol. The summed E-state index contributed by atoms with van der Waals surface area (Å²) in [5.41, 5.74) is 7.63. The van der Waals surface area contributed by atoms with Gasteiger partial charge in [-0.3, -0.25) is 0 Å². The summed E-state index contributed by atoms with van der Waals surface area (Å²) in [7, 11) is 0. The SMILES string of the molecule is Nc1nc(Cl)c2ncn(CC(OCCO)OCc3ccccc3)c2n1. The highest BCUT2D eigenvalue weighted by atomic mass is 35.5. The van der Waals surface area contributed by atoms with E-state index in [0.717, 1.165) is 5.56 Å². The fraction of sp³-hybridized carbons (Fsp3) is 0.312. The number of nitrogen functional groups attached to an aromatic ring is 1. The van der Waals surface area contributed by atoms with Gasteiger partial charge in [0.05, 0.1) is 32.7 Å². The minimum absolute atomic E-state index is 0.0669. The van der Waals surface area contributed by atoms with Crippen LogP contribution in [0, 0.1) is 0 Å². The van der Waals surface area contributed by atoms with Crippen molar-refractivity contribution in [3.05, 3.63) is 47.4 Å². The molecule has 0 saturated carbocycles. The van der Waals surface area contributed by atoms with E-state index < -0.39 is 6.29 Å². The molecular formula is C16H18ClN5O3. The standard InChI is InChI=1S/C16H18ClN5O3/c17-14-13-15(21-16(18)20-14)22(10-19-13)8-12(24-7-6-23)25-9-11-4-2-1-3-5-11/h1-5,10,12,23H,6-9H2,(H2,18,20,21). The number of hydrogen-bond donors (Lipinski definition) is 2. The Morgan fingerprint density at radius 1 is 1.20 bits per heavy atom. The van der Waals surface area contributed by atoms with Crippen molar-refractivity contribution < 1.29 is 14.6 Å². The minimum Gasteiger partial charge on any atom is -0.394 e. The molecule has 0 radical (unpaired) electrons. The molecule has 2 aromatic heterocycles. The molecule has 0 amide bonds. The van der Waals surface area contributed by atoms with Crippen molar-refractivity contribution in [3.63, 3.8) is 0 Å². The number of imidazole rings is 1. The Balaban J connectivity index is 1.75. The van der Waals surface area contributed by atoms with E-state index in [1.807, 2.05) is 30.3 Å². The summed E-state index contributed by atoms with van der Waals surface area (Å²) in [5.74, 6) is 0.0669. The van der Waals surface area contributed by atoms with Gasteiger partial charge < -0.3 is 24.9 Å². The first-order valence-corrected chi connectivity index (χ1v) is 8.07. The summed E-state index contributed by atoms with van der Waals surface area (Å²) in [5, 5.41) is 9.21. The van der Waals surface area contributed by atoms with Crippen LogP contribution in [-0.2, 0) is 22.6 Å². The van der Waals surface area contributed by atoms with Gasteiger partial charge in [-0.2, -0.15) is 9.97 Å². The van der Waals surface area contributed by atoms with Gasteiger partial charge >= 0.3 is 0 Å².